The van der Waals surface area contributed by atoms with Crippen LogP contribution in [-0.2, 0) is 13.1 Å². The molecule has 0 saturated heterocycles. The third kappa shape index (κ3) is 1.80. The Balaban J connectivity index is 2.52. The van der Waals surface area contributed by atoms with Crippen molar-refractivity contribution in [2.75, 3.05) is 13.6 Å². The Labute approximate surface area is 95.6 Å². The van der Waals surface area contributed by atoms with Crippen LogP contribution in [0.2, 0.25) is 0 Å². The predicted octanol–water partition coefficient (Wildman–Crippen LogP) is 1.56. The van der Waals surface area contributed by atoms with Gasteiger partial charge in [0.2, 0.25) is 0 Å². The monoisotopic (exact) mass is 219 g/mol. The molecule has 0 unspecified atom stereocenters. The van der Waals surface area contributed by atoms with E-state index in [2.05, 4.69) is 21.5 Å². The number of likely N-dealkylation sites (N-methyl/N-ethyl adjacent to an activating group) is 1. The number of hydrogen-bond acceptors (Lipinski definition) is 3. The van der Waals surface area contributed by atoms with Crippen LogP contribution in [0.1, 0.15) is 35.9 Å². The molecular weight excluding hydrogens is 202 g/mol. The van der Waals surface area contributed by atoms with Gasteiger partial charge in [-0.05, 0) is 20.0 Å². The largest absolute Gasteiger partial charge is 0.325 e. The molecule has 0 aromatic carbocycles. The number of aromatic nitrogens is 2. The molecule has 1 aliphatic heterocycles. The molecule has 0 spiro atoms. The van der Waals surface area contributed by atoms with Gasteiger partial charge >= 0.3 is 0 Å². The van der Waals surface area contributed by atoms with Crippen LogP contribution in [0.3, 0.4) is 0 Å². The Morgan fingerprint density at radius 3 is 2.81 bits per heavy atom. The number of carbonyl (C=O) groups is 1. The number of Topliss-reactive ketones (excluding diaryl/α,β-unsaturated/α-hetero) is 1. The summed E-state index contributed by atoms with van der Waals surface area (Å²) in [5.41, 5.74) is 1.68. The molecule has 0 N–H and O–H groups in total. The lowest BCUT2D eigenvalue weighted by molar-refractivity contribution is 0.101. The molecule has 16 heavy (non-hydrogen) atoms. The second kappa shape index (κ2) is 4.22. The first kappa shape index (κ1) is 11.1. The zero-order valence-electron chi connectivity index (χ0n) is 10.0. The van der Waals surface area contributed by atoms with Crippen LogP contribution in [-0.4, -0.2) is 33.8 Å². The highest BCUT2D eigenvalue weighted by molar-refractivity contribution is 5.93. The summed E-state index contributed by atoms with van der Waals surface area (Å²) in [5.74, 6) is 0.950. The van der Waals surface area contributed by atoms with E-state index in [1.165, 1.54) is 0 Å². The van der Waals surface area contributed by atoms with Gasteiger partial charge in [0.15, 0.2) is 5.78 Å². The quantitative estimate of drug-likeness (QED) is 0.708. The number of rotatable bonds is 2. The summed E-state index contributed by atoms with van der Waals surface area (Å²) in [7, 11) is 2.07. The Morgan fingerprint density at radius 2 is 2.19 bits per heavy atom. The van der Waals surface area contributed by atoms with E-state index < -0.39 is 0 Å². The molecule has 0 amide bonds. The smallest absolute Gasteiger partial charge is 0.180 e. The minimum Gasteiger partial charge on any atom is -0.325 e. The zero-order valence-corrected chi connectivity index (χ0v) is 10.0. The first-order valence-corrected chi connectivity index (χ1v) is 5.55. The Bertz CT molecular complexity index is 445. The van der Waals surface area contributed by atoms with Gasteiger partial charge in [0.1, 0.15) is 11.5 Å². The normalized spacial score (nSPS) is 16.7. The van der Waals surface area contributed by atoms with E-state index in [0.29, 0.717) is 5.69 Å². The number of nitrogens with zero attached hydrogens (tertiary/aromatic N) is 3. The van der Waals surface area contributed by atoms with Crippen molar-refractivity contribution in [3.8, 4) is 0 Å². The van der Waals surface area contributed by atoms with E-state index in [-0.39, 0.29) is 5.78 Å². The van der Waals surface area contributed by atoms with E-state index in [0.717, 1.165) is 31.2 Å². The van der Waals surface area contributed by atoms with Crippen LogP contribution < -0.4 is 0 Å². The van der Waals surface area contributed by atoms with Gasteiger partial charge < -0.3 is 4.57 Å². The summed E-state index contributed by atoms with van der Waals surface area (Å²) in [6.45, 7) is 6.26. The number of imidazole rings is 1. The summed E-state index contributed by atoms with van der Waals surface area (Å²) in [5, 5.41) is 0. The van der Waals surface area contributed by atoms with Crippen molar-refractivity contribution < 1.29 is 4.79 Å². The third-order valence-corrected chi connectivity index (χ3v) is 2.88. The molecule has 1 aliphatic rings. The topological polar surface area (TPSA) is 38.1 Å². The summed E-state index contributed by atoms with van der Waals surface area (Å²) in [6.07, 6.45) is 3.92. The molecule has 86 valence electrons. The number of hydrogen-bond donors (Lipinski definition) is 0. The molecule has 2 rings (SSSR count). The van der Waals surface area contributed by atoms with Crippen molar-refractivity contribution >= 4 is 11.9 Å². The van der Waals surface area contributed by atoms with Crippen LogP contribution in [0.25, 0.3) is 6.08 Å². The van der Waals surface area contributed by atoms with Crippen LogP contribution in [0, 0.1) is 0 Å². The summed E-state index contributed by atoms with van der Waals surface area (Å²) < 4.78 is 2.15. The molecule has 0 saturated carbocycles. The third-order valence-electron chi connectivity index (χ3n) is 2.88. The highest BCUT2D eigenvalue weighted by Crippen LogP contribution is 2.19. The average molecular weight is 219 g/mol. The maximum Gasteiger partial charge on any atom is 0.180 e. The lowest BCUT2D eigenvalue weighted by Crippen LogP contribution is -2.31. The molecule has 0 bridgehead atoms. The molecule has 4 nitrogen and oxygen atoms in total. The van der Waals surface area contributed by atoms with Gasteiger partial charge in [0.25, 0.3) is 0 Å². The SMILES string of the molecule is CC=Cc1nc(C(C)=O)c2n1CCN(C)C2. The lowest BCUT2D eigenvalue weighted by atomic mass is 10.2. The minimum absolute atomic E-state index is 0.0507. The lowest BCUT2D eigenvalue weighted by Gasteiger charge is -2.25. The Kier molecular flexibility index (Phi) is 2.92. The van der Waals surface area contributed by atoms with Crippen LogP contribution in [0.5, 0.6) is 0 Å². The van der Waals surface area contributed by atoms with E-state index in [1.54, 1.807) is 6.92 Å². The minimum atomic E-state index is 0.0507. The number of carbonyl (C=O) groups excluding carboxylic acids is 1. The highest BCUT2D eigenvalue weighted by Gasteiger charge is 2.23. The van der Waals surface area contributed by atoms with Crippen molar-refractivity contribution in [1.82, 2.24) is 14.5 Å². The van der Waals surface area contributed by atoms with E-state index in [9.17, 15) is 4.79 Å². The van der Waals surface area contributed by atoms with Crippen LogP contribution >= 0.6 is 0 Å². The zero-order chi connectivity index (χ0) is 11.7. The van der Waals surface area contributed by atoms with Crippen molar-refractivity contribution in [3.63, 3.8) is 0 Å². The van der Waals surface area contributed by atoms with Crippen molar-refractivity contribution in [1.29, 1.82) is 0 Å². The fourth-order valence-corrected chi connectivity index (χ4v) is 2.08. The second-order valence-corrected chi connectivity index (χ2v) is 4.21. The number of fused-ring (bicyclic) bond motifs is 1. The summed E-state index contributed by atoms with van der Waals surface area (Å²) in [4.78, 5) is 18.1. The first-order chi connectivity index (χ1) is 7.63. The van der Waals surface area contributed by atoms with Gasteiger partial charge in [0.05, 0.1) is 5.69 Å². The van der Waals surface area contributed by atoms with Gasteiger partial charge in [-0.1, -0.05) is 6.08 Å². The maximum absolute atomic E-state index is 11.5. The van der Waals surface area contributed by atoms with E-state index >= 15 is 0 Å². The fraction of sp³-hybridized carbons (Fsp3) is 0.500. The maximum atomic E-state index is 11.5. The molecule has 0 radical (unpaired) electrons. The van der Waals surface area contributed by atoms with Gasteiger partial charge in [0, 0.05) is 26.6 Å². The van der Waals surface area contributed by atoms with Gasteiger partial charge in [-0.15, -0.1) is 0 Å². The first-order valence-electron chi connectivity index (χ1n) is 5.55. The van der Waals surface area contributed by atoms with Gasteiger partial charge in [-0.25, -0.2) is 4.98 Å². The van der Waals surface area contributed by atoms with E-state index in [1.807, 2.05) is 19.1 Å². The standard InChI is InChI=1S/C12H17N3O/c1-4-5-11-13-12(9(2)16)10-8-14(3)6-7-15(10)11/h4-5H,6-8H2,1-3H3. The number of ketones is 1. The molecular formula is C12H17N3O. The van der Waals surface area contributed by atoms with Crippen LogP contribution in [0.4, 0.5) is 0 Å². The van der Waals surface area contributed by atoms with Crippen molar-refractivity contribution in [2.24, 2.45) is 0 Å². The second-order valence-electron chi connectivity index (χ2n) is 4.21. The van der Waals surface area contributed by atoms with Crippen LogP contribution in [0.15, 0.2) is 6.08 Å². The van der Waals surface area contributed by atoms with Crippen molar-refractivity contribution in [3.05, 3.63) is 23.3 Å². The summed E-state index contributed by atoms with van der Waals surface area (Å²) in [6, 6.07) is 0. The number of allylic oxidation sites excluding steroid dienone is 1. The molecule has 2 heterocycles. The summed E-state index contributed by atoms with van der Waals surface area (Å²) >= 11 is 0. The molecule has 0 aliphatic carbocycles. The molecule has 0 atom stereocenters. The van der Waals surface area contributed by atoms with E-state index in [4.69, 9.17) is 0 Å². The van der Waals surface area contributed by atoms with Crippen molar-refractivity contribution in [2.45, 2.75) is 26.9 Å². The fourth-order valence-electron chi connectivity index (χ4n) is 2.08. The molecule has 1 aromatic heterocycles. The Hall–Kier alpha value is -1.42. The van der Waals surface area contributed by atoms with Gasteiger partial charge in [-0.3, -0.25) is 9.69 Å². The molecule has 0 fully saturated rings. The Morgan fingerprint density at radius 1 is 1.44 bits per heavy atom. The highest BCUT2D eigenvalue weighted by atomic mass is 16.1. The van der Waals surface area contributed by atoms with Gasteiger partial charge in [-0.2, -0.15) is 0 Å². The molecule has 4 heteroatoms. The molecule has 1 aromatic rings. The average Bonchev–Trinajstić information content (AvgIpc) is 2.57. The predicted molar refractivity (Wildman–Crippen MR) is 63.3 cm³/mol.